The summed E-state index contributed by atoms with van der Waals surface area (Å²) in [4.78, 5) is 17.2. The summed E-state index contributed by atoms with van der Waals surface area (Å²) in [6.07, 6.45) is 10.5. The lowest BCUT2D eigenvalue weighted by Gasteiger charge is -2.57. The second kappa shape index (κ2) is 7.98. The van der Waals surface area contributed by atoms with Crippen LogP contribution in [0.15, 0.2) is 0 Å². The normalized spacial score (nSPS) is 27.9. The number of amides is 1. The first kappa shape index (κ1) is 19.2. The smallest absolute Gasteiger partial charge is 0.225 e. The van der Waals surface area contributed by atoms with Crippen LogP contribution in [-0.4, -0.2) is 47.9 Å². The van der Waals surface area contributed by atoms with Gasteiger partial charge in [0, 0.05) is 38.1 Å². The van der Waals surface area contributed by atoms with Crippen molar-refractivity contribution in [3.05, 3.63) is 0 Å². The zero-order valence-corrected chi connectivity index (χ0v) is 17.1. The molecule has 1 spiro atoms. The fourth-order valence-electron chi connectivity index (χ4n) is 5.48. The van der Waals surface area contributed by atoms with Crippen LogP contribution in [0.1, 0.15) is 79.1 Å². The second-order valence-corrected chi connectivity index (χ2v) is 9.49. The van der Waals surface area contributed by atoms with Crippen molar-refractivity contribution in [2.45, 2.75) is 85.1 Å². The molecule has 1 aliphatic carbocycles. The lowest BCUT2D eigenvalue weighted by Crippen LogP contribution is -2.62. The maximum Gasteiger partial charge on any atom is 0.225 e. The molecule has 1 saturated carbocycles. The number of carbonyl (C=O) groups excluding carboxylic acids is 1. The van der Waals surface area contributed by atoms with E-state index >= 15 is 0 Å². The number of nitrogens with zero attached hydrogens (tertiary/aromatic N) is 2. The molecule has 2 saturated heterocycles. The van der Waals surface area contributed by atoms with Gasteiger partial charge in [0.2, 0.25) is 5.91 Å². The molecular formula is C22H40N2O. The molecule has 0 aromatic carbocycles. The number of piperidine rings is 1. The van der Waals surface area contributed by atoms with E-state index in [1.807, 2.05) is 0 Å². The Balaban J connectivity index is 1.40. The minimum atomic E-state index is 0.199. The molecular weight excluding hydrogens is 308 g/mol. The highest BCUT2D eigenvalue weighted by Gasteiger charge is 2.47. The average Bonchev–Trinajstić information content (AvgIpc) is 2.64. The molecule has 0 aromatic rings. The van der Waals surface area contributed by atoms with Crippen LogP contribution in [0.25, 0.3) is 0 Å². The third-order valence-corrected chi connectivity index (χ3v) is 7.94. The van der Waals surface area contributed by atoms with Crippen LogP contribution >= 0.6 is 0 Å². The highest BCUT2D eigenvalue weighted by atomic mass is 16.2. The van der Waals surface area contributed by atoms with Gasteiger partial charge in [-0.2, -0.15) is 0 Å². The molecule has 3 rings (SSSR count). The van der Waals surface area contributed by atoms with E-state index in [2.05, 4.69) is 37.5 Å². The summed E-state index contributed by atoms with van der Waals surface area (Å²) in [5, 5.41) is 0. The van der Waals surface area contributed by atoms with Gasteiger partial charge in [0.25, 0.3) is 0 Å². The van der Waals surface area contributed by atoms with Crippen molar-refractivity contribution >= 4 is 5.91 Å². The van der Waals surface area contributed by atoms with E-state index in [9.17, 15) is 4.79 Å². The maximum absolute atomic E-state index is 12.4. The van der Waals surface area contributed by atoms with Crippen molar-refractivity contribution in [1.82, 2.24) is 9.80 Å². The Morgan fingerprint density at radius 1 is 1.00 bits per heavy atom. The molecule has 0 N–H and O–H groups in total. The van der Waals surface area contributed by atoms with E-state index in [-0.39, 0.29) is 5.92 Å². The van der Waals surface area contributed by atoms with Gasteiger partial charge < -0.3 is 4.90 Å². The van der Waals surface area contributed by atoms with E-state index in [4.69, 9.17) is 0 Å². The molecule has 1 amide bonds. The van der Waals surface area contributed by atoms with Gasteiger partial charge >= 0.3 is 0 Å². The van der Waals surface area contributed by atoms with E-state index in [0.717, 1.165) is 37.4 Å². The highest BCUT2D eigenvalue weighted by molar-refractivity contribution is 5.78. The van der Waals surface area contributed by atoms with Crippen LogP contribution in [0.2, 0.25) is 0 Å². The lowest BCUT2D eigenvalue weighted by molar-refractivity contribution is -0.138. The van der Waals surface area contributed by atoms with E-state index < -0.39 is 0 Å². The van der Waals surface area contributed by atoms with Crippen molar-refractivity contribution in [3.8, 4) is 0 Å². The monoisotopic (exact) mass is 348 g/mol. The molecule has 2 aliphatic heterocycles. The van der Waals surface area contributed by atoms with Gasteiger partial charge in [-0.05, 0) is 62.2 Å². The summed E-state index contributed by atoms with van der Waals surface area (Å²) in [6.45, 7) is 13.6. The number of carbonyl (C=O) groups is 1. The fourth-order valence-corrected chi connectivity index (χ4v) is 5.48. The van der Waals surface area contributed by atoms with Crippen LogP contribution in [-0.2, 0) is 4.79 Å². The summed E-state index contributed by atoms with van der Waals surface area (Å²) in [6, 6.07) is 0.735. The number of rotatable bonds is 5. The van der Waals surface area contributed by atoms with Crippen molar-refractivity contribution < 1.29 is 4.79 Å². The zero-order valence-electron chi connectivity index (χ0n) is 17.1. The van der Waals surface area contributed by atoms with E-state index in [1.54, 1.807) is 0 Å². The Hall–Kier alpha value is -0.570. The summed E-state index contributed by atoms with van der Waals surface area (Å²) in [7, 11) is 0. The Kier molecular flexibility index (Phi) is 6.13. The third-order valence-electron chi connectivity index (χ3n) is 7.94. The quantitative estimate of drug-likeness (QED) is 0.727. The zero-order chi connectivity index (χ0) is 18.0. The largest absolute Gasteiger partial charge is 0.342 e. The summed E-state index contributed by atoms with van der Waals surface area (Å²) < 4.78 is 0. The van der Waals surface area contributed by atoms with E-state index in [1.165, 1.54) is 58.0 Å². The van der Waals surface area contributed by atoms with Crippen LogP contribution in [0.3, 0.4) is 0 Å². The first-order valence-electron chi connectivity index (χ1n) is 11.0. The third kappa shape index (κ3) is 4.07. The Bertz CT molecular complexity index is 439. The maximum atomic E-state index is 12.4. The molecule has 3 nitrogen and oxygen atoms in total. The predicted octanol–water partition coefficient (Wildman–Crippen LogP) is 4.56. The predicted molar refractivity (Wildman–Crippen MR) is 104 cm³/mol. The molecule has 0 bridgehead atoms. The molecule has 3 aliphatic rings. The molecule has 2 atom stereocenters. The van der Waals surface area contributed by atoms with Gasteiger partial charge in [0.05, 0.1) is 0 Å². The SMILES string of the molecule is CCC(C)C(=O)N1CCC(N2CC3(CCC(C(C)CC)CC3)C2)CC1. The molecule has 0 aromatic heterocycles. The average molecular weight is 349 g/mol. The van der Waals surface area contributed by atoms with Crippen molar-refractivity contribution in [3.63, 3.8) is 0 Å². The Morgan fingerprint density at radius 2 is 1.60 bits per heavy atom. The topological polar surface area (TPSA) is 23.6 Å². The number of hydrogen-bond acceptors (Lipinski definition) is 2. The minimum absolute atomic E-state index is 0.199. The van der Waals surface area contributed by atoms with Gasteiger partial charge in [-0.15, -0.1) is 0 Å². The fraction of sp³-hybridized carbons (Fsp3) is 0.955. The first-order chi connectivity index (χ1) is 12.0. The van der Waals surface area contributed by atoms with Crippen LogP contribution < -0.4 is 0 Å². The summed E-state index contributed by atoms with van der Waals surface area (Å²) in [5.74, 6) is 2.48. The van der Waals surface area contributed by atoms with Crippen molar-refractivity contribution in [2.75, 3.05) is 26.2 Å². The molecule has 2 heterocycles. The molecule has 3 heteroatoms. The van der Waals surface area contributed by atoms with Crippen LogP contribution in [0, 0.1) is 23.2 Å². The van der Waals surface area contributed by atoms with Gasteiger partial charge in [0.15, 0.2) is 0 Å². The Morgan fingerprint density at radius 3 is 2.12 bits per heavy atom. The first-order valence-corrected chi connectivity index (χ1v) is 11.0. The van der Waals surface area contributed by atoms with Gasteiger partial charge in [-0.1, -0.05) is 34.1 Å². The second-order valence-electron chi connectivity index (χ2n) is 9.49. The van der Waals surface area contributed by atoms with Gasteiger partial charge in [0.1, 0.15) is 0 Å². The highest BCUT2D eigenvalue weighted by Crippen LogP contribution is 2.48. The van der Waals surface area contributed by atoms with Crippen molar-refractivity contribution in [2.24, 2.45) is 23.2 Å². The van der Waals surface area contributed by atoms with Crippen LogP contribution in [0.4, 0.5) is 0 Å². The molecule has 0 radical (unpaired) electrons. The molecule has 144 valence electrons. The molecule has 3 fully saturated rings. The number of likely N-dealkylation sites (tertiary alicyclic amines) is 2. The Labute approximate surface area is 155 Å². The van der Waals surface area contributed by atoms with E-state index in [0.29, 0.717) is 11.3 Å². The number of hydrogen-bond donors (Lipinski definition) is 0. The summed E-state index contributed by atoms with van der Waals surface area (Å²) in [5.41, 5.74) is 0.660. The van der Waals surface area contributed by atoms with Crippen molar-refractivity contribution in [1.29, 1.82) is 0 Å². The minimum Gasteiger partial charge on any atom is -0.342 e. The molecule has 25 heavy (non-hydrogen) atoms. The van der Waals surface area contributed by atoms with Gasteiger partial charge in [-0.25, -0.2) is 0 Å². The standard InChI is InChI=1S/C22H40N2O/c1-5-17(3)19-7-11-22(12-8-19)15-24(16-22)20-9-13-23(14-10-20)21(25)18(4)6-2/h17-20H,5-16H2,1-4H3. The van der Waals surface area contributed by atoms with Crippen LogP contribution in [0.5, 0.6) is 0 Å². The summed E-state index contributed by atoms with van der Waals surface area (Å²) >= 11 is 0. The lowest BCUT2D eigenvalue weighted by atomic mass is 9.63. The molecule has 2 unspecified atom stereocenters. The van der Waals surface area contributed by atoms with Gasteiger partial charge in [-0.3, -0.25) is 9.69 Å².